The van der Waals surface area contributed by atoms with Gasteiger partial charge in [-0.25, -0.2) is 4.68 Å². The minimum atomic E-state index is 0.211. The van der Waals surface area contributed by atoms with Crippen molar-refractivity contribution in [2.75, 3.05) is 12.3 Å². The second kappa shape index (κ2) is 5.79. The predicted octanol–water partition coefficient (Wildman–Crippen LogP) is 2.97. The van der Waals surface area contributed by atoms with E-state index in [0.717, 1.165) is 19.4 Å². The third-order valence-electron chi connectivity index (χ3n) is 3.60. The SMILES string of the molecule is CCOC1CC(n2nnnc2-c2cc(N)cc(Cl)c2Cl)C1. The van der Waals surface area contributed by atoms with Gasteiger partial charge in [0.1, 0.15) is 0 Å². The Labute approximate surface area is 132 Å². The molecular weight excluding hydrogens is 313 g/mol. The summed E-state index contributed by atoms with van der Waals surface area (Å²) >= 11 is 12.3. The fourth-order valence-electron chi connectivity index (χ4n) is 2.50. The molecule has 0 radical (unpaired) electrons. The highest BCUT2D eigenvalue weighted by Crippen LogP contribution is 2.39. The summed E-state index contributed by atoms with van der Waals surface area (Å²) in [6, 6.07) is 3.55. The Morgan fingerprint density at radius 1 is 1.38 bits per heavy atom. The van der Waals surface area contributed by atoms with Crippen molar-refractivity contribution in [3.05, 3.63) is 22.2 Å². The molecule has 2 aromatic rings. The minimum Gasteiger partial charge on any atom is -0.399 e. The van der Waals surface area contributed by atoms with Gasteiger partial charge in [-0.15, -0.1) is 5.10 Å². The van der Waals surface area contributed by atoms with E-state index in [0.29, 0.717) is 27.1 Å². The van der Waals surface area contributed by atoms with E-state index in [2.05, 4.69) is 15.5 Å². The van der Waals surface area contributed by atoms with Crippen LogP contribution < -0.4 is 5.73 Å². The Morgan fingerprint density at radius 2 is 2.14 bits per heavy atom. The van der Waals surface area contributed by atoms with Crippen molar-refractivity contribution in [1.82, 2.24) is 20.2 Å². The van der Waals surface area contributed by atoms with Crippen LogP contribution in [0.4, 0.5) is 5.69 Å². The summed E-state index contributed by atoms with van der Waals surface area (Å²) in [4.78, 5) is 0. The molecule has 3 rings (SSSR count). The molecule has 21 heavy (non-hydrogen) atoms. The summed E-state index contributed by atoms with van der Waals surface area (Å²) in [7, 11) is 0. The molecule has 112 valence electrons. The van der Waals surface area contributed by atoms with Crippen LogP contribution in [-0.4, -0.2) is 32.9 Å². The van der Waals surface area contributed by atoms with E-state index in [1.54, 1.807) is 16.8 Å². The Balaban J connectivity index is 1.90. The van der Waals surface area contributed by atoms with Crippen LogP contribution in [0.5, 0.6) is 0 Å². The maximum Gasteiger partial charge on any atom is 0.183 e. The topological polar surface area (TPSA) is 78.8 Å². The van der Waals surface area contributed by atoms with Crippen molar-refractivity contribution in [3.8, 4) is 11.4 Å². The standard InChI is InChI=1S/C13H15Cl2N5O/c1-2-21-9-5-8(6-9)20-13(17-18-19-20)10-3-7(16)4-11(14)12(10)15/h3-4,8-9H,2,5-6,16H2,1H3. The normalized spacial score (nSPS) is 21.3. The molecule has 0 spiro atoms. The lowest BCUT2D eigenvalue weighted by Crippen LogP contribution is -2.34. The van der Waals surface area contributed by atoms with Crippen LogP contribution in [0.2, 0.25) is 10.0 Å². The van der Waals surface area contributed by atoms with E-state index in [-0.39, 0.29) is 12.1 Å². The number of nitrogens with two attached hydrogens (primary N) is 1. The number of nitrogen functional groups attached to an aromatic ring is 1. The van der Waals surface area contributed by atoms with Gasteiger partial charge in [0.25, 0.3) is 0 Å². The zero-order valence-corrected chi connectivity index (χ0v) is 13.0. The summed E-state index contributed by atoms with van der Waals surface area (Å²) in [5, 5.41) is 12.7. The third-order valence-corrected chi connectivity index (χ3v) is 4.40. The molecule has 8 heteroatoms. The average Bonchev–Trinajstić information content (AvgIpc) is 2.86. The molecule has 1 fully saturated rings. The van der Waals surface area contributed by atoms with Crippen molar-refractivity contribution < 1.29 is 4.74 Å². The molecule has 1 aromatic carbocycles. The fraction of sp³-hybridized carbons (Fsp3) is 0.462. The van der Waals surface area contributed by atoms with E-state index in [1.807, 2.05) is 6.92 Å². The molecule has 1 heterocycles. The average molecular weight is 328 g/mol. The Morgan fingerprint density at radius 3 is 2.86 bits per heavy atom. The fourth-order valence-corrected chi connectivity index (χ4v) is 2.92. The molecule has 2 N–H and O–H groups in total. The Kier molecular flexibility index (Phi) is 4.01. The summed E-state index contributed by atoms with van der Waals surface area (Å²) in [6.07, 6.45) is 2.05. The lowest BCUT2D eigenvalue weighted by molar-refractivity contribution is -0.0227. The predicted molar refractivity (Wildman–Crippen MR) is 81.4 cm³/mol. The molecular formula is C13H15Cl2N5O. The zero-order chi connectivity index (χ0) is 15.0. The number of benzene rings is 1. The Bertz CT molecular complexity index is 654. The van der Waals surface area contributed by atoms with Crippen LogP contribution in [0, 0.1) is 0 Å². The van der Waals surface area contributed by atoms with Gasteiger partial charge in [0.05, 0.1) is 22.2 Å². The van der Waals surface area contributed by atoms with E-state index in [4.69, 9.17) is 33.7 Å². The monoisotopic (exact) mass is 327 g/mol. The number of halogens is 2. The second-order valence-corrected chi connectivity index (χ2v) is 5.80. The highest BCUT2D eigenvalue weighted by molar-refractivity contribution is 6.43. The number of tetrazole rings is 1. The van der Waals surface area contributed by atoms with Crippen molar-refractivity contribution >= 4 is 28.9 Å². The van der Waals surface area contributed by atoms with Crippen LogP contribution >= 0.6 is 23.2 Å². The van der Waals surface area contributed by atoms with Gasteiger partial charge in [-0.3, -0.25) is 0 Å². The number of hydrogen-bond donors (Lipinski definition) is 1. The maximum atomic E-state index is 6.25. The first-order valence-corrected chi connectivity index (χ1v) is 7.50. The molecule has 1 aliphatic rings. The van der Waals surface area contributed by atoms with Gasteiger partial charge in [-0.1, -0.05) is 23.2 Å². The number of nitrogens with zero attached hydrogens (tertiary/aromatic N) is 4. The lowest BCUT2D eigenvalue weighted by Gasteiger charge is -2.34. The molecule has 1 aliphatic carbocycles. The van der Waals surface area contributed by atoms with E-state index in [9.17, 15) is 0 Å². The lowest BCUT2D eigenvalue weighted by atomic mass is 9.89. The zero-order valence-electron chi connectivity index (χ0n) is 11.5. The van der Waals surface area contributed by atoms with Crippen LogP contribution in [-0.2, 0) is 4.74 Å². The molecule has 0 unspecified atom stereocenters. The van der Waals surface area contributed by atoms with Gasteiger partial charge in [-0.2, -0.15) is 0 Å². The summed E-state index contributed by atoms with van der Waals surface area (Å²) in [5.74, 6) is 0.578. The van der Waals surface area contributed by atoms with E-state index >= 15 is 0 Å². The van der Waals surface area contributed by atoms with Gasteiger partial charge in [0, 0.05) is 17.9 Å². The third kappa shape index (κ3) is 2.71. The highest BCUT2D eigenvalue weighted by Gasteiger charge is 2.34. The van der Waals surface area contributed by atoms with Crippen molar-refractivity contribution in [3.63, 3.8) is 0 Å². The number of rotatable bonds is 4. The molecule has 6 nitrogen and oxygen atoms in total. The first-order chi connectivity index (χ1) is 10.1. The highest BCUT2D eigenvalue weighted by atomic mass is 35.5. The minimum absolute atomic E-state index is 0.211. The van der Waals surface area contributed by atoms with Gasteiger partial charge < -0.3 is 10.5 Å². The molecule has 0 bridgehead atoms. The smallest absolute Gasteiger partial charge is 0.183 e. The number of hydrogen-bond acceptors (Lipinski definition) is 5. The Hall–Kier alpha value is -1.37. The maximum absolute atomic E-state index is 6.25. The number of ether oxygens (including phenoxy) is 1. The molecule has 1 saturated carbocycles. The molecule has 0 atom stereocenters. The number of aromatic nitrogens is 4. The molecule has 0 saturated heterocycles. The quantitative estimate of drug-likeness (QED) is 0.873. The van der Waals surface area contributed by atoms with Crippen molar-refractivity contribution in [1.29, 1.82) is 0 Å². The molecule has 1 aromatic heterocycles. The molecule has 0 amide bonds. The van der Waals surface area contributed by atoms with Gasteiger partial charge in [0.2, 0.25) is 0 Å². The van der Waals surface area contributed by atoms with Crippen LogP contribution in [0.15, 0.2) is 12.1 Å². The van der Waals surface area contributed by atoms with Crippen LogP contribution in [0.3, 0.4) is 0 Å². The first kappa shape index (κ1) is 14.6. The van der Waals surface area contributed by atoms with E-state index < -0.39 is 0 Å². The summed E-state index contributed by atoms with van der Waals surface area (Å²) in [5.41, 5.74) is 7.00. The van der Waals surface area contributed by atoms with Gasteiger partial charge in [-0.05, 0) is 42.3 Å². The summed E-state index contributed by atoms with van der Waals surface area (Å²) < 4.78 is 7.33. The molecule has 0 aliphatic heterocycles. The largest absolute Gasteiger partial charge is 0.399 e. The van der Waals surface area contributed by atoms with Crippen LogP contribution in [0.1, 0.15) is 25.8 Å². The van der Waals surface area contributed by atoms with Crippen molar-refractivity contribution in [2.24, 2.45) is 0 Å². The number of anilines is 1. The van der Waals surface area contributed by atoms with E-state index in [1.165, 1.54) is 0 Å². The van der Waals surface area contributed by atoms with Gasteiger partial charge >= 0.3 is 0 Å². The van der Waals surface area contributed by atoms with Crippen LogP contribution in [0.25, 0.3) is 11.4 Å². The van der Waals surface area contributed by atoms with Gasteiger partial charge in [0.15, 0.2) is 5.82 Å². The summed E-state index contributed by atoms with van der Waals surface area (Å²) in [6.45, 7) is 2.71. The first-order valence-electron chi connectivity index (χ1n) is 6.74. The van der Waals surface area contributed by atoms with Crippen molar-refractivity contribution in [2.45, 2.75) is 31.9 Å². The second-order valence-electron chi connectivity index (χ2n) is 5.01.